The average molecular weight is 497 g/mol. The van der Waals surface area contributed by atoms with Crippen molar-refractivity contribution in [3.05, 3.63) is 105 Å². The summed E-state index contributed by atoms with van der Waals surface area (Å²) in [6, 6.07) is 14.6. The number of amides is 1. The van der Waals surface area contributed by atoms with E-state index in [1.54, 1.807) is 6.07 Å². The maximum absolute atomic E-state index is 14.7. The summed E-state index contributed by atoms with van der Waals surface area (Å²) in [7, 11) is 1.45. The van der Waals surface area contributed by atoms with E-state index < -0.39 is 5.82 Å². The third-order valence-electron chi connectivity index (χ3n) is 7.19. The largest absolute Gasteiger partial charge is 0.481 e. The van der Waals surface area contributed by atoms with Crippen molar-refractivity contribution in [2.75, 3.05) is 12.8 Å². The number of nitrogens with two attached hydrogens (primary N) is 1. The normalized spacial score (nSPS) is 16.9. The third kappa shape index (κ3) is 3.81. The van der Waals surface area contributed by atoms with Crippen molar-refractivity contribution in [2.45, 2.75) is 32.6 Å². The van der Waals surface area contributed by atoms with Gasteiger partial charge in [0.15, 0.2) is 0 Å². The summed E-state index contributed by atoms with van der Waals surface area (Å²) in [5.41, 5.74) is 14.2. The highest BCUT2D eigenvalue weighted by Crippen LogP contribution is 2.54. The Morgan fingerprint density at radius 3 is 2.51 bits per heavy atom. The van der Waals surface area contributed by atoms with E-state index in [2.05, 4.69) is 15.3 Å². The standard InChI is InChI=1S/C29H25FN4O3/c1-14-8-25(31)34-15(2)22(14)12-33-29(35)17-5-7-19-21(10-17)28-20-9-16(4-6-18(20)27(19)37-28)23-13-32-26(36-3)11-24(23)30/h4-11,13,27-28H,12H2,1-3H3,(H2,31,34)(H,33,35)/t27-,28+/m0/s1. The van der Waals surface area contributed by atoms with Crippen molar-refractivity contribution >= 4 is 11.7 Å². The Hall–Kier alpha value is -4.30. The zero-order chi connectivity index (χ0) is 25.8. The fourth-order valence-corrected chi connectivity index (χ4v) is 5.32. The van der Waals surface area contributed by atoms with Gasteiger partial charge < -0.3 is 20.5 Å². The van der Waals surface area contributed by atoms with Crippen LogP contribution >= 0.6 is 0 Å². The first-order valence-electron chi connectivity index (χ1n) is 12.0. The number of aromatic nitrogens is 2. The molecule has 37 heavy (non-hydrogen) atoms. The lowest BCUT2D eigenvalue weighted by molar-refractivity contribution is 0.0857. The Labute approximate surface area is 213 Å². The maximum Gasteiger partial charge on any atom is 0.251 e. The number of nitrogens with one attached hydrogen (secondary N) is 1. The molecule has 7 nitrogen and oxygen atoms in total. The van der Waals surface area contributed by atoms with E-state index in [1.165, 1.54) is 19.4 Å². The van der Waals surface area contributed by atoms with Crippen LogP contribution in [0.3, 0.4) is 0 Å². The third-order valence-corrected chi connectivity index (χ3v) is 7.19. The average Bonchev–Trinajstić information content (AvgIpc) is 3.44. The van der Waals surface area contributed by atoms with Crippen LogP contribution in [0.2, 0.25) is 0 Å². The summed E-state index contributed by atoms with van der Waals surface area (Å²) in [6.45, 7) is 4.19. The number of hydrogen-bond acceptors (Lipinski definition) is 6. The second-order valence-corrected chi connectivity index (χ2v) is 9.40. The number of nitrogen functional groups attached to an aromatic ring is 1. The summed E-state index contributed by atoms with van der Waals surface area (Å²) >= 11 is 0. The van der Waals surface area contributed by atoms with Gasteiger partial charge in [-0.2, -0.15) is 0 Å². The Balaban J connectivity index is 1.26. The maximum atomic E-state index is 14.7. The number of anilines is 1. The van der Waals surface area contributed by atoms with Crippen LogP contribution in [0.25, 0.3) is 11.1 Å². The van der Waals surface area contributed by atoms with Crippen molar-refractivity contribution in [1.82, 2.24) is 15.3 Å². The highest BCUT2D eigenvalue weighted by atomic mass is 19.1. The zero-order valence-corrected chi connectivity index (χ0v) is 20.6. The first-order chi connectivity index (χ1) is 17.8. The molecular weight excluding hydrogens is 471 g/mol. The number of benzene rings is 2. The summed E-state index contributed by atoms with van der Waals surface area (Å²) < 4.78 is 26.0. The Kier molecular flexibility index (Phi) is 5.42. The number of ether oxygens (including phenoxy) is 2. The second-order valence-electron chi connectivity index (χ2n) is 9.40. The minimum absolute atomic E-state index is 0.179. The minimum atomic E-state index is -0.406. The van der Waals surface area contributed by atoms with Gasteiger partial charge in [0.25, 0.3) is 5.91 Å². The number of aryl methyl sites for hydroxylation is 2. The van der Waals surface area contributed by atoms with Crippen molar-refractivity contribution in [1.29, 1.82) is 0 Å². The molecule has 4 aromatic rings. The van der Waals surface area contributed by atoms with E-state index in [9.17, 15) is 9.18 Å². The van der Waals surface area contributed by atoms with Crippen LogP contribution in [0.5, 0.6) is 5.88 Å². The molecule has 0 radical (unpaired) electrons. The summed E-state index contributed by atoms with van der Waals surface area (Å²) in [5, 5.41) is 3.00. The van der Waals surface area contributed by atoms with Crippen molar-refractivity contribution in [2.24, 2.45) is 0 Å². The van der Waals surface area contributed by atoms with Gasteiger partial charge in [0, 0.05) is 35.6 Å². The lowest BCUT2D eigenvalue weighted by Crippen LogP contribution is -2.24. The summed E-state index contributed by atoms with van der Waals surface area (Å²) in [5.74, 6) is 0.106. The molecule has 8 heteroatoms. The number of methoxy groups -OCH3 is 1. The van der Waals surface area contributed by atoms with Crippen LogP contribution < -0.4 is 15.8 Å². The van der Waals surface area contributed by atoms with E-state index in [0.717, 1.165) is 39.1 Å². The van der Waals surface area contributed by atoms with Crippen LogP contribution in [0.15, 0.2) is 54.7 Å². The number of pyridine rings is 2. The molecular formula is C29H25FN4O3. The molecule has 0 fully saturated rings. The molecule has 2 aliphatic heterocycles. The minimum Gasteiger partial charge on any atom is -0.481 e. The number of carbonyl (C=O) groups is 1. The summed E-state index contributed by atoms with van der Waals surface area (Å²) in [6.07, 6.45) is 0.953. The highest BCUT2D eigenvalue weighted by molar-refractivity contribution is 5.94. The topological polar surface area (TPSA) is 99.4 Å². The van der Waals surface area contributed by atoms with Gasteiger partial charge in [-0.15, -0.1) is 0 Å². The predicted molar refractivity (Wildman–Crippen MR) is 137 cm³/mol. The Morgan fingerprint density at radius 2 is 1.78 bits per heavy atom. The van der Waals surface area contributed by atoms with Crippen molar-refractivity contribution in [3.8, 4) is 17.0 Å². The molecule has 6 rings (SSSR count). The predicted octanol–water partition coefficient (Wildman–Crippen LogP) is 4.94. The van der Waals surface area contributed by atoms with Gasteiger partial charge in [0.05, 0.1) is 7.11 Å². The number of nitrogens with zero attached hydrogens (tertiary/aromatic N) is 2. The van der Waals surface area contributed by atoms with Gasteiger partial charge in [0.2, 0.25) is 5.88 Å². The molecule has 1 amide bonds. The summed E-state index contributed by atoms with van der Waals surface area (Å²) in [4.78, 5) is 21.5. The molecule has 0 spiro atoms. The quantitative estimate of drug-likeness (QED) is 0.406. The fraction of sp³-hybridized carbons (Fsp3) is 0.207. The van der Waals surface area contributed by atoms with Gasteiger partial charge in [0.1, 0.15) is 23.8 Å². The van der Waals surface area contributed by atoms with Crippen LogP contribution in [-0.4, -0.2) is 23.0 Å². The SMILES string of the molecule is COc1cc(F)c(-c2ccc3c(c2)[C@H]2O[C@@H]3c3ccc(C(=O)NCc4c(C)cc(N)nc4C)cc32)cn1. The van der Waals surface area contributed by atoms with Gasteiger partial charge in [-0.25, -0.2) is 14.4 Å². The van der Waals surface area contributed by atoms with E-state index in [4.69, 9.17) is 15.2 Å². The molecule has 186 valence electrons. The molecule has 3 N–H and O–H groups in total. The van der Waals surface area contributed by atoms with Crippen LogP contribution in [0, 0.1) is 19.7 Å². The second kappa shape index (κ2) is 8.67. The lowest BCUT2D eigenvalue weighted by Gasteiger charge is -2.18. The first kappa shape index (κ1) is 23.1. The number of carbonyl (C=O) groups excluding carboxylic acids is 1. The fourth-order valence-electron chi connectivity index (χ4n) is 5.32. The van der Waals surface area contributed by atoms with E-state index in [0.29, 0.717) is 29.1 Å². The molecule has 2 atom stereocenters. The molecule has 0 unspecified atom stereocenters. The van der Waals surface area contributed by atoms with Gasteiger partial charge in [-0.1, -0.05) is 18.2 Å². The van der Waals surface area contributed by atoms with Gasteiger partial charge in [-0.3, -0.25) is 4.79 Å². The monoisotopic (exact) mass is 496 g/mol. The smallest absolute Gasteiger partial charge is 0.251 e. The number of fused-ring (bicyclic) bond motifs is 8. The van der Waals surface area contributed by atoms with Crippen LogP contribution in [0.1, 0.15) is 61.6 Å². The zero-order valence-electron chi connectivity index (χ0n) is 20.6. The van der Waals surface area contributed by atoms with Gasteiger partial charge >= 0.3 is 0 Å². The molecule has 2 aliphatic rings. The van der Waals surface area contributed by atoms with Crippen molar-refractivity contribution in [3.63, 3.8) is 0 Å². The number of halogens is 1. The van der Waals surface area contributed by atoms with Crippen LogP contribution in [-0.2, 0) is 11.3 Å². The molecule has 2 aromatic carbocycles. The van der Waals surface area contributed by atoms with Gasteiger partial charge in [-0.05, 0) is 77.1 Å². The van der Waals surface area contributed by atoms with E-state index in [1.807, 2.05) is 50.2 Å². The van der Waals surface area contributed by atoms with E-state index >= 15 is 0 Å². The van der Waals surface area contributed by atoms with Crippen LogP contribution in [0.4, 0.5) is 10.2 Å². The molecule has 2 bridgehead atoms. The highest BCUT2D eigenvalue weighted by Gasteiger charge is 2.43. The van der Waals surface area contributed by atoms with Crippen molar-refractivity contribution < 1.29 is 18.7 Å². The molecule has 0 saturated carbocycles. The molecule has 0 aliphatic carbocycles. The Morgan fingerprint density at radius 1 is 1.05 bits per heavy atom. The first-order valence-corrected chi connectivity index (χ1v) is 12.0. The number of hydrogen-bond donors (Lipinski definition) is 2. The molecule has 4 heterocycles. The lowest BCUT2D eigenvalue weighted by atomic mass is 9.84. The molecule has 0 saturated heterocycles. The Bertz CT molecular complexity index is 1560. The molecule has 2 aromatic heterocycles. The van der Waals surface area contributed by atoms with E-state index in [-0.39, 0.29) is 24.0 Å². The number of rotatable bonds is 5.